The fourth-order valence-corrected chi connectivity index (χ4v) is 3.85. The molecule has 168 valence electrons. The van der Waals surface area contributed by atoms with Gasteiger partial charge in [-0.2, -0.15) is 0 Å². The van der Waals surface area contributed by atoms with Crippen molar-refractivity contribution in [2.45, 2.75) is 38.6 Å². The van der Waals surface area contributed by atoms with Crippen molar-refractivity contribution in [3.05, 3.63) is 70.6 Å². The van der Waals surface area contributed by atoms with Crippen LogP contribution in [0.15, 0.2) is 36.4 Å². The zero-order valence-corrected chi connectivity index (χ0v) is 19.0. The van der Waals surface area contributed by atoms with Crippen molar-refractivity contribution in [3.63, 3.8) is 0 Å². The van der Waals surface area contributed by atoms with Crippen LogP contribution in [0.25, 0.3) is 4.85 Å². The SMILES string of the molecule is [C-]#[N+]C(CCCN(C)CCc1ccc(F)c(OC)c1)(c1ccc(F)c(OC)c1)C(C)C. The number of benzene rings is 2. The van der Waals surface area contributed by atoms with E-state index in [1.807, 2.05) is 20.9 Å². The summed E-state index contributed by atoms with van der Waals surface area (Å²) in [4.78, 5) is 6.22. The van der Waals surface area contributed by atoms with Crippen LogP contribution in [0.2, 0.25) is 0 Å². The maximum Gasteiger partial charge on any atom is 0.259 e. The van der Waals surface area contributed by atoms with E-state index in [0.29, 0.717) is 6.42 Å². The number of nitrogens with zero attached hydrogens (tertiary/aromatic N) is 2. The zero-order chi connectivity index (χ0) is 23.0. The highest BCUT2D eigenvalue weighted by Crippen LogP contribution is 2.40. The number of hydrogen-bond acceptors (Lipinski definition) is 3. The van der Waals surface area contributed by atoms with E-state index in [4.69, 9.17) is 16.0 Å². The third-order valence-electron chi connectivity index (χ3n) is 5.90. The highest BCUT2D eigenvalue weighted by Gasteiger charge is 2.42. The lowest BCUT2D eigenvalue weighted by Gasteiger charge is -2.28. The molecule has 2 aromatic carbocycles. The lowest BCUT2D eigenvalue weighted by Crippen LogP contribution is -2.31. The Kier molecular flexibility index (Phi) is 8.82. The average molecular weight is 431 g/mol. The normalized spacial score (nSPS) is 13.2. The van der Waals surface area contributed by atoms with Crippen molar-refractivity contribution >= 4 is 0 Å². The van der Waals surface area contributed by atoms with Gasteiger partial charge in [-0.3, -0.25) is 0 Å². The van der Waals surface area contributed by atoms with Gasteiger partial charge in [-0.15, -0.1) is 0 Å². The largest absolute Gasteiger partial charge is 0.494 e. The first kappa shape index (κ1) is 24.6. The molecule has 0 saturated carbocycles. The predicted octanol–water partition coefficient (Wildman–Crippen LogP) is 5.71. The number of halogens is 2. The van der Waals surface area contributed by atoms with Crippen LogP contribution < -0.4 is 9.47 Å². The molecule has 0 N–H and O–H groups in total. The number of hydrogen-bond donors (Lipinski definition) is 0. The van der Waals surface area contributed by atoms with Gasteiger partial charge in [-0.25, -0.2) is 15.4 Å². The Balaban J connectivity index is 2.00. The maximum absolute atomic E-state index is 13.9. The van der Waals surface area contributed by atoms with Crippen molar-refractivity contribution in [2.75, 3.05) is 34.4 Å². The van der Waals surface area contributed by atoms with Gasteiger partial charge in [-0.05, 0) is 62.3 Å². The summed E-state index contributed by atoms with van der Waals surface area (Å²) in [6.45, 7) is 13.6. The topological polar surface area (TPSA) is 26.1 Å². The van der Waals surface area contributed by atoms with Gasteiger partial charge in [0.25, 0.3) is 5.54 Å². The second-order valence-corrected chi connectivity index (χ2v) is 8.17. The number of likely N-dealkylation sites (N-methyl/N-ethyl adjacent to an activating group) is 1. The Hall–Kier alpha value is -2.65. The molecule has 0 spiro atoms. The smallest absolute Gasteiger partial charge is 0.259 e. The molecule has 0 fully saturated rings. The van der Waals surface area contributed by atoms with E-state index in [1.165, 1.54) is 26.4 Å². The summed E-state index contributed by atoms with van der Waals surface area (Å²) in [5.74, 6) is -0.295. The van der Waals surface area contributed by atoms with Gasteiger partial charge in [0.1, 0.15) is 0 Å². The van der Waals surface area contributed by atoms with Crippen molar-refractivity contribution in [2.24, 2.45) is 5.92 Å². The molecule has 0 aliphatic rings. The van der Waals surface area contributed by atoms with Crippen LogP contribution in [-0.2, 0) is 12.0 Å². The first-order valence-corrected chi connectivity index (χ1v) is 10.5. The van der Waals surface area contributed by atoms with Crippen LogP contribution in [0, 0.1) is 24.1 Å². The minimum absolute atomic E-state index is 0.0668. The quantitative estimate of drug-likeness (QED) is 0.427. The highest BCUT2D eigenvalue weighted by atomic mass is 19.1. The fraction of sp³-hybridized carbons (Fsp3) is 0.480. The molecule has 0 saturated heterocycles. The van der Waals surface area contributed by atoms with Gasteiger partial charge in [0.15, 0.2) is 23.1 Å². The molecule has 1 atom stereocenters. The van der Waals surface area contributed by atoms with Crippen molar-refractivity contribution in [1.82, 2.24) is 4.90 Å². The van der Waals surface area contributed by atoms with E-state index >= 15 is 0 Å². The molecular weight excluding hydrogens is 398 g/mol. The molecule has 4 nitrogen and oxygen atoms in total. The third-order valence-corrected chi connectivity index (χ3v) is 5.90. The molecule has 0 amide bonds. The molecule has 0 heterocycles. The van der Waals surface area contributed by atoms with E-state index in [-0.39, 0.29) is 23.2 Å². The molecule has 2 aromatic rings. The molecule has 0 aliphatic heterocycles. The van der Waals surface area contributed by atoms with Gasteiger partial charge in [0.2, 0.25) is 0 Å². The molecule has 6 heteroatoms. The van der Waals surface area contributed by atoms with E-state index < -0.39 is 11.4 Å². The molecule has 0 bridgehead atoms. The minimum Gasteiger partial charge on any atom is -0.494 e. The van der Waals surface area contributed by atoms with Crippen LogP contribution in [0.4, 0.5) is 8.78 Å². The van der Waals surface area contributed by atoms with Crippen LogP contribution in [0.3, 0.4) is 0 Å². The molecule has 2 rings (SSSR count). The van der Waals surface area contributed by atoms with Crippen molar-refractivity contribution in [1.29, 1.82) is 0 Å². The van der Waals surface area contributed by atoms with Crippen LogP contribution in [0.5, 0.6) is 11.5 Å². The molecule has 0 radical (unpaired) electrons. The third kappa shape index (κ3) is 5.95. The van der Waals surface area contributed by atoms with Crippen LogP contribution in [-0.4, -0.2) is 39.3 Å². The highest BCUT2D eigenvalue weighted by molar-refractivity contribution is 5.37. The zero-order valence-electron chi connectivity index (χ0n) is 19.0. The summed E-state index contributed by atoms with van der Waals surface area (Å²) in [7, 11) is 4.93. The van der Waals surface area contributed by atoms with Gasteiger partial charge in [0.05, 0.1) is 14.2 Å². The van der Waals surface area contributed by atoms with Crippen molar-refractivity contribution < 1.29 is 18.3 Å². The monoisotopic (exact) mass is 430 g/mol. The fourth-order valence-electron chi connectivity index (χ4n) is 3.85. The summed E-state index contributed by atoms with van der Waals surface area (Å²) >= 11 is 0. The second kappa shape index (κ2) is 11.1. The van der Waals surface area contributed by atoms with Gasteiger partial charge < -0.3 is 19.2 Å². The lowest BCUT2D eigenvalue weighted by molar-refractivity contribution is 0.287. The summed E-state index contributed by atoms with van der Waals surface area (Å²) in [5, 5.41) is 0. The number of rotatable bonds is 11. The summed E-state index contributed by atoms with van der Waals surface area (Å²) in [6.07, 6.45) is 2.27. The van der Waals surface area contributed by atoms with E-state index in [9.17, 15) is 8.78 Å². The average Bonchev–Trinajstić information content (AvgIpc) is 2.76. The Morgan fingerprint density at radius 2 is 1.61 bits per heavy atom. The van der Waals surface area contributed by atoms with E-state index in [0.717, 1.165) is 37.1 Å². The maximum atomic E-state index is 13.9. The number of methoxy groups -OCH3 is 2. The Morgan fingerprint density at radius 3 is 2.19 bits per heavy atom. The van der Waals surface area contributed by atoms with E-state index in [2.05, 4.69) is 9.74 Å². The summed E-state index contributed by atoms with van der Waals surface area (Å²) < 4.78 is 37.6. The first-order chi connectivity index (χ1) is 14.8. The molecule has 1 unspecified atom stereocenters. The van der Waals surface area contributed by atoms with Gasteiger partial charge >= 0.3 is 0 Å². The van der Waals surface area contributed by atoms with Crippen molar-refractivity contribution in [3.8, 4) is 11.5 Å². The van der Waals surface area contributed by atoms with Crippen LogP contribution in [0.1, 0.15) is 37.8 Å². The first-order valence-electron chi connectivity index (χ1n) is 10.5. The van der Waals surface area contributed by atoms with Crippen LogP contribution >= 0.6 is 0 Å². The number of ether oxygens (including phenoxy) is 2. The standard InChI is InChI=1S/C25H32F2N2O2/c1-18(2)25(28-3,20-9-11-22(27)24(17-20)31-6)13-7-14-29(4)15-12-19-8-10-21(26)23(16-19)30-5/h8-11,16-18H,7,12-15H2,1-2,4-6H3. The lowest BCUT2D eigenvalue weighted by atomic mass is 9.77. The second-order valence-electron chi connectivity index (χ2n) is 8.17. The Labute approximate surface area is 184 Å². The minimum atomic E-state index is -0.730. The summed E-state index contributed by atoms with van der Waals surface area (Å²) in [5.41, 5.74) is 1.07. The molecule has 0 aromatic heterocycles. The molecule has 0 aliphatic carbocycles. The summed E-state index contributed by atoms with van der Waals surface area (Å²) in [6, 6.07) is 9.65. The Morgan fingerprint density at radius 1 is 1.00 bits per heavy atom. The predicted molar refractivity (Wildman–Crippen MR) is 119 cm³/mol. The molecular formula is C25H32F2N2O2. The van der Waals surface area contributed by atoms with Gasteiger partial charge in [0, 0.05) is 24.4 Å². The van der Waals surface area contributed by atoms with Gasteiger partial charge in [-0.1, -0.05) is 19.9 Å². The molecule has 31 heavy (non-hydrogen) atoms. The Bertz CT molecular complexity index is 911. The van der Waals surface area contributed by atoms with E-state index in [1.54, 1.807) is 24.3 Å².